The van der Waals surface area contributed by atoms with Crippen LogP contribution in [0.3, 0.4) is 0 Å². The fourth-order valence-electron chi connectivity index (χ4n) is 3.28. The summed E-state index contributed by atoms with van der Waals surface area (Å²) in [6, 6.07) is 0. The standard InChI is InChI=1S/C21H34O2Si/c1-7-8-9-10-17(23-24(5,6)21(2,3)4)13-11-16-12-14-18-19(15-22)20(16)18/h12,14-20H,7-10H2,1-6H3. The summed E-state index contributed by atoms with van der Waals surface area (Å²) in [4.78, 5) is 11.0. The first kappa shape index (κ1) is 19.5. The second kappa shape index (κ2) is 7.58. The molecule has 2 rings (SSSR count). The van der Waals surface area contributed by atoms with Crippen molar-refractivity contribution in [3.05, 3.63) is 12.2 Å². The van der Waals surface area contributed by atoms with Crippen LogP contribution in [0, 0.1) is 35.5 Å². The molecule has 0 aromatic carbocycles. The highest BCUT2D eigenvalue weighted by molar-refractivity contribution is 6.74. The Kier molecular flexibility index (Phi) is 6.15. The lowest BCUT2D eigenvalue weighted by Gasteiger charge is -2.38. The number of carbonyl (C=O) groups is 1. The van der Waals surface area contributed by atoms with Gasteiger partial charge in [0.05, 0.1) is 0 Å². The quantitative estimate of drug-likeness (QED) is 0.208. The molecule has 5 unspecified atom stereocenters. The summed E-state index contributed by atoms with van der Waals surface area (Å²) in [6.45, 7) is 13.7. The van der Waals surface area contributed by atoms with E-state index in [4.69, 9.17) is 4.43 Å². The first-order valence-corrected chi connectivity index (χ1v) is 12.4. The summed E-state index contributed by atoms with van der Waals surface area (Å²) in [5.41, 5.74) is 0. The van der Waals surface area contributed by atoms with Gasteiger partial charge in [0.2, 0.25) is 0 Å². The van der Waals surface area contributed by atoms with E-state index in [9.17, 15) is 4.79 Å². The molecule has 0 N–H and O–H groups in total. The molecule has 0 aromatic heterocycles. The van der Waals surface area contributed by atoms with Gasteiger partial charge in [-0.2, -0.15) is 0 Å². The highest BCUT2D eigenvalue weighted by Gasteiger charge is 2.54. The maximum Gasteiger partial charge on any atom is 0.193 e. The topological polar surface area (TPSA) is 26.3 Å². The fraction of sp³-hybridized carbons (Fsp3) is 0.762. The number of carbonyl (C=O) groups excluding carboxylic acids is 1. The lowest BCUT2D eigenvalue weighted by atomic mass is 10.0. The summed E-state index contributed by atoms with van der Waals surface area (Å²) in [6.07, 6.45) is 10.2. The molecule has 0 aliphatic heterocycles. The van der Waals surface area contributed by atoms with Crippen molar-refractivity contribution < 1.29 is 9.22 Å². The van der Waals surface area contributed by atoms with E-state index in [2.05, 4.69) is 64.8 Å². The molecule has 2 aliphatic carbocycles. The van der Waals surface area contributed by atoms with Crippen LogP contribution in [-0.2, 0) is 9.22 Å². The third-order valence-corrected chi connectivity index (χ3v) is 10.5. The Hall–Kier alpha value is -0.853. The van der Waals surface area contributed by atoms with E-state index < -0.39 is 8.32 Å². The second-order valence-electron chi connectivity index (χ2n) is 8.93. The lowest BCUT2D eigenvalue weighted by Crippen LogP contribution is -2.43. The molecule has 2 aliphatic rings. The van der Waals surface area contributed by atoms with Gasteiger partial charge in [0.15, 0.2) is 8.32 Å². The van der Waals surface area contributed by atoms with Gasteiger partial charge >= 0.3 is 0 Å². The Bertz CT molecular complexity index is 528. The zero-order valence-electron chi connectivity index (χ0n) is 16.3. The minimum atomic E-state index is -1.81. The fourth-order valence-corrected chi connectivity index (χ4v) is 4.53. The van der Waals surface area contributed by atoms with Crippen molar-refractivity contribution in [2.24, 2.45) is 23.7 Å². The number of hydrogen-bond donors (Lipinski definition) is 0. The summed E-state index contributed by atoms with van der Waals surface area (Å²) in [5.74, 6) is 8.26. The Morgan fingerprint density at radius 2 is 1.96 bits per heavy atom. The molecule has 0 amide bonds. The molecule has 0 bridgehead atoms. The van der Waals surface area contributed by atoms with E-state index in [0.29, 0.717) is 11.8 Å². The molecule has 3 heteroatoms. The van der Waals surface area contributed by atoms with Crippen molar-refractivity contribution in [3.63, 3.8) is 0 Å². The second-order valence-corrected chi connectivity index (χ2v) is 13.7. The minimum Gasteiger partial charge on any atom is -0.403 e. The number of aldehydes is 1. The third kappa shape index (κ3) is 4.40. The van der Waals surface area contributed by atoms with Crippen LogP contribution in [0.25, 0.3) is 0 Å². The number of fused-ring (bicyclic) bond motifs is 1. The van der Waals surface area contributed by atoms with Crippen molar-refractivity contribution in [1.82, 2.24) is 0 Å². The van der Waals surface area contributed by atoms with Gasteiger partial charge < -0.3 is 9.22 Å². The Morgan fingerprint density at radius 3 is 2.50 bits per heavy atom. The zero-order chi connectivity index (χ0) is 18.0. The van der Waals surface area contributed by atoms with Crippen LogP contribution < -0.4 is 0 Å². The SMILES string of the molecule is CCCCCC(C#CC1C=CC2C(C=O)C12)O[Si](C)(C)C(C)(C)C. The molecule has 0 spiro atoms. The van der Waals surface area contributed by atoms with Gasteiger partial charge in [-0.25, -0.2) is 0 Å². The molecule has 0 aromatic rings. The summed E-state index contributed by atoms with van der Waals surface area (Å²) < 4.78 is 6.58. The van der Waals surface area contributed by atoms with Crippen LogP contribution in [0.1, 0.15) is 53.4 Å². The van der Waals surface area contributed by atoms with Crippen LogP contribution in [0.5, 0.6) is 0 Å². The van der Waals surface area contributed by atoms with Crippen molar-refractivity contribution in [2.75, 3.05) is 0 Å². The van der Waals surface area contributed by atoms with Gasteiger partial charge in [0.1, 0.15) is 12.4 Å². The maximum absolute atomic E-state index is 11.0. The largest absolute Gasteiger partial charge is 0.403 e. The third-order valence-electron chi connectivity index (χ3n) is 6.03. The number of hydrogen-bond acceptors (Lipinski definition) is 2. The molecular formula is C21H34O2Si. The molecule has 0 radical (unpaired) electrons. The van der Waals surface area contributed by atoms with E-state index in [1.165, 1.54) is 19.3 Å². The van der Waals surface area contributed by atoms with Gasteiger partial charge in [-0.05, 0) is 42.8 Å². The highest BCUT2D eigenvalue weighted by Crippen LogP contribution is 2.55. The van der Waals surface area contributed by atoms with Crippen molar-refractivity contribution in [1.29, 1.82) is 0 Å². The van der Waals surface area contributed by atoms with Gasteiger partial charge in [-0.3, -0.25) is 0 Å². The predicted octanol–water partition coefficient (Wildman–Crippen LogP) is 5.21. The highest BCUT2D eigenvalue weighted by atomic mass is 28.4. The van der Waals surface area contributed by atoms with E-state index in [1.807, 2.05) is 0 Å². The van der Waals surface area contributed by atoms with Crippen molar-refractivity contribution >= 4 is 14.6 Å². The van der Waals surface area contributed by atoms with Gasteiger partial charge in [-0.15, -0.1) is 0 Å². The monoisotopic (exact) mass is 346 g/mol. The van der Waals surface area contributed by atoms with Crippen LogP contribution in [0.2, 0.25) is 18.1 Å². The molecule has 0 heterocycles. The molecule has 1 saturated carbocycles. The minimum absolute atomic E-state index is 0.0401. The zero-order valence-corrected chi connectivity index (χ0v) is 17.3. The van der Waals surface area contributed by atoms with E-state index in [-0.39, 0.29) is 23.0 Å². The number of rotatable bonds is 7. The predicted molar refractivity (Wildman–Crippen MR) is 103 cm³/mol. The van der Waals surface area contributed by atoms with Crippen molar-refractivity contribution in [2.45, 2.75) is 77.6 Å². The molecule has 2 nitrogen and oxygen atoms in total. The van der Waals surface area contributed by atoms with Gasteiger partial charge in [0, 0.05) is 11.8 Å². The molecule has 0 saturated heterocycles. The number of unbranched alkanes of at least 4 members (excludes halogenated alkanes) is 2. The Morgan fingerprint density at radius 1 is 1.25 bits per heavy atom. The average Bonchev–Trinajstić information content (AvgIpc) is 3.04. The van der Waals surface area contributed by atoms with Crippen LogP contribution in [0.4, 0.5) is 0 Å². The first-order chi connectivity index (χ1) is 11.2. The Balaban J connectivity index is 2.03. The molecule has 134 valence electrons. The summed E-state index contributed by atoms with van der Waals surface area (Å²) in [7, 11) is -1.81. The van der Waals surface area contributed by atoms with E-state index in [1.54, 1.807) is 0 Å². The summed E-state index contributed by atoms with van der Waals surface area (Å²) >= 11 is 0. The van der Waals surface area contributed by atoms with Crippen LogP contribution in [-0.4, -0.2) is 20.7 Å². The van der Waals surface area contributed by atoms with Gasteiger partial charge in [0.25, 0.3) is 0 Å². The van der Waals surface area contributed by atoms with E-state index >= 15 is 0 Å². The number of allylic oxidation sites excluding steroid dienone is 2. The van der Waals surface area contributed by atoms with Gasteiger partial charge in [-0.1, -0.05) is 64.5 Å². The van der Waals surface area contributed by atoms with Crippen LogP contribution >= 0.6 is 0 Å². The Labute approximate surface area is 149 Å². The lowest BCUT2D eigenvalue weighted by molar-refractivity contribution is -0.109. The molecule has 5 atom stereocenters. The normalized spacial score (nSPS) is 29.6. The summed E-state index contributed by atoms with van der Waals surface area (Å²) in [5, 5.41) is 0.204. The maximum atomic E-state index is 11.0. The molecular weight excluding hydrogens is 312 g/mol. The van der Waals surface area contributed by atoms with E-state index in [0.717, 1.165) is 12.7 Å². The first-order valence-electron chi connectivity index (χ1n) is 9.53. The smallest absolute Gasteiger partial charge is 0.193 e. The molecule has 24 heavy (non-hydrogen) atoms. The average molecular weight is 347 g/mol. The van der Waals surface area contributed by atoms with Crippen LogP contribution in [0.15, 0.2) is 12.2 Å². The molecule has 1 fully saturated rings. The van der Waals surface area contributed by atoms with Crippen molar-refractivity contribution in [3.8, 4) is 11.8 Å².